The number of benzene rings is 1. The van der Waals surface area contributed by atoms with Crippen LogP contribution in [-0.4, -0.2) is 13.1 Å². The topological polar surface area (TPSA) is 3.24 Å². The zero-order valence-corrected chi connectivity index (χ0v) is 12.0. The van der Waals surface area contributed by atoms with E-state index in [1.54, 1.807) is 12.1 Å². The third kappa shape index (κ3) is 3.01. The minimum Gasteiger partial charge on any atom is -0.371 e. The summed E-state index contributed by atoms with van der Waals surface area (Å²) in [7, 11) is 0. The number of anilines is 1. The van der Waals surface area contributed by atoms with E-state index in [0.29, 0.717) is 17.2 Å². The summed E-state index contributed by atoms with van der Waals surface area (Å²) in [6, 6.07) is 5.11. The van der Waals surface area contributed by atoms with Crippen LogP contribution in [0.25, 0.3) is 0 Å². The summed E-state index contributed by atoms with van der Waals surface area (Å²) in [5.41, 5.74) is 2.23. The van der Waals surface area contributed by atoms with Gasteiger partial charge in [0.1, 0.15) is 5.82 Å². The molecule has 17 heavy (non-hydrogen) atoms. The molecule has 0 spiro atoms. The van der Waals surface area contributed by atoms with Crippen molar-refractivity contribution in [3.05, 3.63) is 29.6 Å². The average molecular weight is 300 g/mol. The van der Waals surface area contributed by atoms with E-state index in [2.05, 4.69) is 34.7 Å². The average Bonchev–Trinajstić information content (AvgIpc) is 2.27. The summed E-state index contributed by atoms with van der Waals surface area (Å²) in [5.74, 6) is 1.28. The molecule has 0 amide bonds. The summed E-state index contributed by atoms with van der Waals surface area (Å²) in [6.07, 6.45) is 1.29. The normalized spacial score (nSPS) is 25.1. The molecule has 1 nitrogen and oxygen atoms in total. The fourth-order valence-electron chi connectivity index (χ4n) is 2.83. The Balaban J connectivity index is 2.26. The van der Waals surface area contributed by atoms with Crippen molar-refractivity contribution in [2.45, 2.75) is 25.6 Å². The van der Waals surface area contributed by atoms with Gasteiger partial charge in [-0.3, -0.25) is 0 Å². The van der Waals surface area contributed by atoms with Crippen LogP contribution in [0.2, 0.25) is 0 Å². The molecule has 2 rings (SSSR count). The van der Waals surface area contributed by atoms with Gasteiger partial charge in [-0.1, -0.05) is 29.8 Å². The van der Waals surface area contributed by atoms with Gasteiger partial charge in [0.05, 0.1) is 0 Å². The number of nitrogens with zero attached hydrogens (tertiary/aromatic N) is 1. The van der Waals surface area contributed by atoms with Crippen LogP contribution in [0.1, 0.15) is 25.8 Å². The van der Waals surface area contributed by atoms with Gasteiger partial charge in [-0.2, -0.15) is 0 Å². The molecule has 1 fully saturated rings. The lowest BCUT2D eigenvalue weighted by atomic mass is 9.91. The summed E-state index contributed by atoms with van der Waals surface area (Å²) in [5, 5.41) is 0.708. The van der Waals surface area contributed by atoms with Gasteiger partial charge in [-0.05, 0) is 42.0 Å². The van der Waals surface area contributed by atoms with Crippen LogP contribution in [0.15, 0.2) is 18.2 Å². The first kappa shape index (κ1) is 12.9. The third-order valence-electron chi connectivity index (χ3n) is 3.40. The Morgan fingerprint density at radius 1 is 1.29 bits per heavy atom. The van der Waals surface area contributed by atoms with E-state index in [4.69, 9.17) is 0 Å². The lowest BCUT2D eigenvalue weighted by molar-refractivity contribution is 0.356. The molecule has 1 saturated heterocycles. The highest BCUT2D eigenvalue weighted by atomic mass is 79.9. The molecule has 0 radical (unpaired) electrons. The van der Waals surface area contributed by atoms with Gasteiger partial charge >= 0.3 is 0 Å². The largest absolute Gasteiger partial charge is 0.371 e. The maximum Gasteiger partial charge on any atom is 0.123 e. The highest BCUT2D eigenvalue weighted by Gasteiger charge is 2.23. The van der Waals surface area contributed by atoms with E-state index in [1.165, 1.54) is 12.1 Å². The third-order valence-corrected chi connectivity index (χ3v) is 4.00. The van der Waals surface area contributed by atoms with Gasteiger partial charge in [-0.25, -0.2) is 4.39 Å². The Morgan fingerprint density at radius 2 is 1.94 bits per heavy atom. The van der Waals surface area contributed by atoms with Crippen LogP contribution in [0.5, 0.6) is 0 Å². The zero-order chi connectivity index (χ0) is 12.4. The van der Waals surface area contributed by atoms with Crippen molar-refractivity contribution < 1.29 is 4.39 Å². The van der Waals surface area contributed by atoms with Gasteiger partial charge in [0, 0.05) is 24.1 Å². The summed E-state index contributed by atoms with van der Waals surface area (Å²) < 4.78 is 13.2. The molecule has 2 unspecified atom stereocenters. The standard InChI is InChI=1S/C14H19BrFN/c1-10-5-11(2)9-17(8-10)14-4-3-13(16)6-12(14)7-15/h3-4,6,10-11H,5,7-9H2,1-2H3. The number of hydrogen-bond acceptors (Lipinski definition) is 1. The Kier molecular flexibility index (Phi) is 4.08. The Morgan fingerprint density at radius 3 is 2.53 bits per heavy atom. The second kappa shape index (κ2) is 5.38. The van der Waals surface area contributed by atoms with Crippen LogP contribution in [0.4, 0.5) is 10.1 Å². The first-order valence-electron chi connectivity index (χ1n) is 6.19. The predicted octanol–water partition coefficient (Wildman–Crippen LogP) is 4.20. The predicted molar refractivity (Wildman–Crippen MR) is 74.2 cm³/mol. The smallest absolute Gasteiger partial charge is 0.123 e. The highest BCUT2D eigenvalue weighted by Crippen LogP contribution is 2.30. The van der Waals surface area contributed by atoms with Gasteiger partial charge < -0.3 is 4.90 Å². The van der Waals surface area contributed by atoms with E-state index in [1.807, 2.05) is 6.07 Å². The minimum absolute atomic E-state index is 0.152. The Bertz CT molecular complexity index is 384. The van der Waals surface area contributed by atoms with Gasteiger partial charge in [0.2, 0.25) is 0 Å². The molecular formula is C14H19BrFN. The molecule has 94 valence electrons. The first-order chi connectivity index (χ1) is 8.10. The molecule has 1 aromatic carbocycles. The van der Waals surface area contributed by atoms with Crippen molar-refractivity contribution in [1.29, 1.82) is 0 Å². The monoisotopic (exact) mass is 299 g/mol. The lowest BCUT2D eigenvalue weighted by Gasteiger charge is -2.37. The van der Waals surface area contributed by atoms with E-state index in [-0.39, 0.29) is 5.82 Å². The fraction of sp³-hybridized carbons (Fsp3) is 0.571. The van der Waals surface area contributed by atoms with Crippen molar-refractivity contribution in [1.82, 2.24) is 0 Å². The molecule has 1 aromatic rings. The van der Waals surface area contributed by atoms with Gasteiger partial charge in [0.15, 0.2) is 0 Å². The van der Waals surface area contributed by atoms with Crippen molar-refractivity contribution in [2.24, 2.45) is 11.8 Å². The summed E-state index contributed by atoms with van der Waals surface area (Å²) in [6.45, 7) is 6.74. The van der Waals surface area contributed by atoms with Crippen molar-refractivity contribution in [2.75, 3.05) is 18.0 Å². The number of alkyl halides is 1. The van der Waals surface area contributed by atoms with E-state index in [0.717, 1.165) is 18.7 Å². The number of rotatable bonds is 2. The van der Waals surface area contributed by atoms with E-state index < -0.39 is 0 Å². The first-order valence-corrected chi connectivity index (χ1v) is 7.31. The van der Waals surface area contributed by atoms with Crippen LogP contribution >= 0.6 is 15.9 Å². The summed E-state index contributed by atoms with van der Waals surface area (Å²) >= 11 is 3.45. The minimum atomic E-state index is -0.152. The molecular weight excluding hydrogens is 281 g/mol. The van der Waals surface area contributed by atoms with Gasteiger partial charge in [-0.15, -0.1) is 0 Å². The zero-order valence-electron chi connectivity index (χ0n) is 10.4. The number of piperidine rings is 1. The number of hydrogen-bond donors (Lipinski definition) is 0. The maximum atomic E-state index is 13.2. The van der Waals surface area contributed by atoms with Crippen LogP contribution < -0.4 is 4.90 Å². The van der Waals surface area contributed by atoms with Crippen LogP contribution in [0, 0.1) is 17.7 Å². The number of halogens is 2. The van der Waals surface area contributed by atoms with E-state index >= 15 is 0 Å². The van der Waals surface area contributed by atoms with Gasteiger partial charge in [0.25, 0.3) is 0 Å². The second-order valence-electron chi connectivity index (χ2n) is 5.26. The second-order valence-corrected chi connectivity index (χ2v) is 5.82. The molecule has 0 bridgehead atoms. The molecule has 0 aliphatic carbocycles. The lowest BCUT2D eigenvalue weighted by Crippen LogP contribution is -2.39. The fourth-order valence-corrected chi connectivity index (χ4v) is 3.28. The molecule has 0 aromatic heterocycles. The highest BCUT2D eigenvalue weighted by molar-refractivity contribution is 9.08. The van der Waals surface area contributed by atoms with Crippen molar-refractivity contribution in [3.8, 4) is 0 Å². The quantitative estimate of drug-likeness (QED) is 0.740. The van der Waals surface area contributed by atoms with Crippen molar-refractivity contribution >= 4 is 21.6 Å². The molecule has 0 N–H and O–H groups in total. The molecule has 1 aliphatic rings. The Labute approximate surface area is 111 Å². The van der Waals surface area contributed by atoms with Crippen LogP contribution in [-0.2, 0) is 5.33 Å². The summed E-state index contributed by atoms with van der Waals surface area (Å²) in [4.78, 5) is 2.40. The van der Waals surface area contributed by atoms with Crippen molar-refractivity contribution in [3.63, 3.8) is 0 Å². The molecule has 3 heteroatoms. The van der Waals surface area contributed by atoms with E-state index in [9.17, 15) is 4.39 Å². The molecule has 1 heterocycles. The molecule has 0 saturated carbocycles. The van der Waals surface area contributed by atoms with Crippen LogP contribution in [0.3, 0.4) is 0 Å². The SMILES string of the molecule is CC1CC(C)CN(c2ccc(F)cc2CBr)C1. The molecule has 2 atom stereocenters. The Hall–Kier alpha value is -0.570. The molecule has 1 aliphatic heterocycles. The maximum absolute atomic E-state index is 13.2.